The van der Waals surface area contributed by atoms with Gasteiger partial charge in [0.05, 0.1) is 5.69 Å². The van der Waals surface area contributed by atoms with Crippen LogP contribution in [0.5, 0.6) is 0 Å². The average molecular weight is 201 g/mol. The lowest BCUT2D eigenvalue weighted by molar-refractivity contribution is 0.777. The number of nitrogens with zero attached hydrogens (tertiary/aromatic N) is 2. The van der Waals surface area contributed by atoms with Crippen LogP contribution in [0.1, 0.15) is 6.92 Å². The molecule has 0 aliphatic heterocycles. The SMILES string of the molecule is CCNc1cc(-c2ccccc2)n(C)n1. The summed E-state index contributed by atoms with van der Waals surface area (Å²) >= 11 is 0. The van der Waals surface area contributed by atoms with Gasteiger partial charge in [-0.2, -0.15) is 5.10 Å². The van der Waals surface area contributed by atoms with E-state index in [0.717, 1.165) is 18.1 Å². The van der Waals surface area contributed by atoms with E-state index in [-0.39, 0.29) is 0 Å². The van der Waals surface area contributed by atoms with Crippen molar-refractivity contribution >= 4 is 5.82 Å². The van der Waals surface area contributed by atoms with Crippen molar-refractivity contribution in [3.05, 3.63) is 36.4 Å². The van der Waals surface area contributed by atoms with E-state index in [1.165, 1.54) is 5.56 Å². The third-order valence-electron chi connectivity index (χ3n) is 2.31. The van der Waals surface area contributed by atoms with Crippen molar-refractivity contribution in [2.24, 2.45) is 7.05 Å². The van der Waals surface area contributed by atoms with E-state index < -0.39 is 0 Å². The van der Waals surface area contributed by atoms with Gasteiger partial charge in [-0.1, -0.05) is 30.3 Å². The standard InChI is InChI=1S/C12H15N3/c1-3-13-12-9-11(15(2)14-12)10-7-5-4-6-8-10/h4-9H,3H2,1-2H3,(H,13,14). The zero-order valence-corrected chi connectivity index (χ0v) is 9.07. The molecule has 0 aliphatic carbocycles. The van der Waals surface area contributed by atoms with Crippen LogP contribution in [0, 0.1) is 0 Å². The molecule has 3 heteroatoms. The molecule has 0 amide bonds. The van der Waals surface area contributed by atoms with Crippen LogP contribution in [0.25, 0.3) is 11.3 Å². The molecule has 1 aromatic heterocycles. The number of hydrogen-bond acceptors (Lipinski definition) is 2. The van der Waals surface area contributed by atoms with Gasteiger partial charge in [-0.3, -0.25) is 4.68 Å². The van der Waals surface area contributed by atoms with Gasteiger partial charge in [0.2, 0.25) is 0 Å². The van der Waals surface area contributed by atoms with Crippen molar-refractivity contribution in [2.45, 2.75) is 6.92 Å². The first-order valence-corrected chi connectivity index (χ1v) is 5.14. The number of aromatic nitrogens is 2. The van der Waals surface area contributed by atoms with Crippen LogP contribution >= 0.6 is 0 Å². The number of anilines is 1. The summed E-state index contributed by atoms with van der Waals surface area (Å²) in [6.07, 6.45) is 0. The van der Waals surface area contributed by atoms with Crippen LogP contribution < -0.4 is 5.32 Å². The van der Waals surface area contributed by atoms with E-state index in [2.05, 4.69) is 35.5 Å². The molecular formula is C12H15N3. The fraction of sp³-hybridized carbons (Fsp3) is 0.250. The summed E-state index contributed by atoms with van der Waals surface area (Å²) < 4.78 is 1.90. The van der Waals surface area contributed by atoms with Crippen molar-refractivity contribution < 1.29 is 0 Å². The number of rotatable bonds is 3. The molecule has 0 aliphatic rings. The minimum atomic E-state index is 0.894. The van der Waals surface area contributed by atoms with Gasteiger partial charge in [-0.05, 0) is 12.5 Å². The molecule has 3 nitrogen and oxygen atoms in total. The second-order valence-corrected chi connectivity index (χ2v) is 3.43. The summed E-state index contributed by atoms with van der Waals surface area (Å²) in [5.41, 5.74) is 2.32. The highest BCUT2D eigenvalue weighted by molar-refractivity contribution is 5.63. The lowest BCUT2D eigenvalue weighted by atomic mass is 10.1. The molecule has 0 fully saturated rings. The van der Waals surface area contributed by atoms with E-state index in [0.29, 0.717) is 0 Å². The molecule has 2 aromatic rings. The van der Waals surface area contributed by atoms with E-state index in [1.807, 2.05) is 29.9 Å². The zero-order valence-electron chi connectivity index (χ0n) is 9.07. The van der Waals surface area contributed by atoms with Gasteiger partial charge in [0, 0.05) is 19.7 Å². The van der Waals surface area contributed by atoms with Crippen LogP contribution in [-0.2, 0) is 7.05 Å². The quantitative estimate of drug-likeness (QED) is 0.827. The van der Waals surface area contributed by atoms with E-state index in [9.17, 15) is 0 Å². The Morgan fingerprint density at radius 2 is 2.00 bits per heavy atom. The summed E-state index contributed by atoms with van der Waals surface area (Å²) in [5.74, 6) is 0.929. The summed E-state index contributed by atoms with van der Waals surface area (Å²) in [7, 11) is 1.96. The maximum atomic E-state index is 4.38. The van der Waals surface area contributed by atoms with Crippen LogP contribution in [0.3, 0.4) is 0 Å². The average Bonchev–Trinajstić information content (AvgIpc) is 2.61. The predicted molar refractivity (Wildman–Crippen MR) is 62.8 cm³/mol. The molecule has 0 spiro atoms. The van der Waals surface area contributed by atoms with Crippen molar-refractivity contribution in [3.8, 4) is 11.3 Å². The fourth-order valence-electron chi connectivity index (χ4n) is 1.61. The molecule has 0 bridgehead atoms. The highest BCUT2D eigenvalue weighted by Crippen LogP contribution is 2.21. The van der Waals surface area contributed by atoms with Crippen LogP contribution in [0.4, 0.5) is 5.82 Å². The first-order valence-electron chi connectivity index (χ1n) is 5.14. The Balaban J connectivity index is 2.36. The Labute approximate surface area is 89.7 Å². The topological polar surface area (TPSA) is 29.9 Å². The highest BCUT2D eigenvalue weighted by atomic mass is 15.3. The Morgan fingerprint density at radius 1 is 1.27 bits per heavy atom. The van der Waals surface area contributed by atoms with Crippen LogP contribution in [0.2, 0.25) is 0 Å². The largest absolute Gasteiger partial charge is 0.369 e. The first-order chi connectivity index (χ1) is 7.31. The van der Waals surface area contributed by atoms with E-state index >= 15 is 0 Å². The van der Waals surface area contributed by atoms with Crippen molar-refractivity contribution in [3.63, 3.8) is 0 Å². The first kappa shape index (κ1) is 9.77. The molecule has 0 saturated heterocycles. The van der Waals surface area contributed by atoms with Crippen LogP contribution in [0.15, 0.2) is 36.4 Å². The molecule has 15 heavy (non-hydrogen) atoms. The van der Waals surface area contributed by atoms with E-state index in [4.69, 9.17) is 0 Å². The Kier molecular flexibility index (Phi) is 2.72. The molecule has 0 radical (unpaired) electrons. The van der Waals surface area contributed by atoms with Gasteiger partial charge in [-0.25, -0.2) is 0 Å². The predicted octanol–water partition coefficient (Wildman–Crippen LogP) is 2.52. The molecule has 0 atom stereocenters. The molecule has 1 N–H and O–H groups in total. The van der Waals surface area contributed by atoms with Gasteiger partial charge in [0.1, 0.15) is 5.82 Å². The van der Waals surface area contributed by atoms with Crippen molar-refractivity contribution in [1.29, 1.82) is 0 Å². The van der Waals surface area contributed by atoms with Gasteiger partial charge in [0.25, 0.3) is 0 Å². The summed E-state index contributed by atoms with van der Waals surface area (Å²) in [6.45, 7) is 2.96. The lowest BCUT2D eigenvalue weighted by Gasteiger charge is -1.99. The lowest BCUT2D eigenvalue weighted by Crippen LogP contribution is -1.98. The third-order valence-corrected chi connectivity index (χ3v) is 2.31. The minimum absolute atomic E-state index is 0.894. The second kappa shape index (κ2) is 4.17. The zero-order chi connectivity index (χ0) is 10.7. The fourth-order valence-corrected chi connectivity index (χ4v) is 1.61. The van der Waals surface area contributed by atoms with Gasteiger partial charge < -0.3 is 5.32 Å². The maximum absolute atomic E-state index is 4.38. The Hall–Kier alpha value is -1.77. The summed E-state index contributed by atoms with van der Waals surface area (Å²) in [4.78, 5) is 0. The van der Waals surface area contributed by atoms with Crippen molar-refractivity contribution in [2.75, 3.05) is 11.9 Å². The van der Waals surface area contributed by atoms with Crippen molar-refractivity contribution in [1.82, 2.24) is 9.78 Å². The maximum Gasteiger partial charge on any atom is 0.148 e. The third kappa shape index (κ3) is 2.01. The molecule has 2 rings (SSSR count). The molecule has 1 aromatic carbocycles. The van der Waals surface area contributed by atoms with Crippen LogP contribution in [-0.4, -0.2) is 16.3 Å². The molecule has 0 saturated carbocycles. The molecular weight excluding hydrogens is 186 g/mol. The number of benzene rings is 1. The second-order valence-electron chi connectivity index (χ2n) is 3.43. The van der Waals surface area contributed by atoms with Gasteiger partial charge >= 0.3 is 0 Å². The molecule has 1 heterocycles. The number of aryl methyl sites for hydroxylation is 1. The molecule has 78 valence electrons. The van der Waals surface area contributed by atoms with E-state index in [1.54, 1.807) is 0 Å². The Bertz CT molecular complexity index is 431. The number of hydrogen-bond donors (Lipinski definition) is 1. The van der Waals surface area contributed by atoms with Gasteiger partial charge in [0.15, 0.2) is 0 Å². The molecule has 0 unspecified atom stereocenters. The Morgan fingerprint density at radius 3 is 2.67 bits per heavy atom. The monoisotopic (exact) mass is 201 g/mol. The van der Waals surface area contributed by atoms with Gasteiger partial charge in [-0.15, -0.1) is 0 Å². The summed E-state index contributed by atoms with van der Waals surface area (Å²) in [6, 6.07) is 12.3. The normalized spacial score (nSPS) is 10.3. The minimum Gasteiger partial charge on any atom is -0.369 e. The number of nitrogens with one attached hydrogen (secondary N) is 1. The smallest absolute Gasteiger partial charge is 0.148 e. The highest BCUT2D eigenvalue weighted by Gasteiger charge is 2.05. The summed E-state index contributed by atoms with van der Waals surface area (Å²) in [5, 5.41) is 7.59.